The van der Waals surface area contributed by atoms with Crippen molar-refractivity contribution in [1.82, 2.24) is 4.72 Å². The second kappa shape index (κ2) is 6.20. The number of aliphatic hydroxyl groups excluding tert-OH is 1. The summed E-state index contributed by atoms with van der Waals surface area (Å²) in [5, 5.41) is 8.71. The normalized spacial score (nSPS) is 16.1. The number of nitrogens with one attached hydrogen (secondary N) is 1. The van der Waals surface area contributed by atoms with E-state index < -0.39 is 10.0 Å². The van der Waals surface area contributed by atoms with Crippen molar-refractivity contribution in [2.45, 2.75) is 36.6 Å². The van der Waals surface area contributed by atoms with Crippen molar-refractivity contribution in [3.05, 3.63) is 29.8 Å². The monoisotopic (exact) mass is 279 g/mol. The Kier molecular flexibility index (Phi) is 4.59. The number of rotatable bonds is 3. The Morgan fingerprint density at radius 1 is 1.26 bits per heavy atom. The molecule has 0 amide bonds. The molecular weight excluding hydrogens is 262 g/mol. The molecule has 2 N–H and O–H groups in total. The summed E-state index contributed by atoms with van der Waals surface area (Å²) < 4.78 is 27.4. The summed E-state index contributed by atoms with van der Waals surface area (Å²) in [7, 11) is -3.54. The molecule has 0 atom stereocenters. The minimum atomic E-state index is -3.54. The molecule has 102 valence electrons. The lowest BCUT2D eigenvalue weighted by molar-refractivity contribution is 0.350. The van der Waals surface area contributed by atoms with E-state index in [1.54, 1.807) is 24.3 Å². The number of sulfonamides is 1. The van der Waals surface area contributed by atoms with Crippen molar-refractivity contribution in [3.63, 3.8) is 0 Å². The smallest absolute Gasteiger partial charge is 0.242 e. The topological polar surface area (TPSA) is 66.4 Å². The maximum atomic E-state index is 12.3. The Morgan fingerprint density at radius 3 is 2.63 bits per heavy atom. The summed E-state index contributed by atoms with van der Waals surface area (Å²) in [4.78, 5) is 0.183. The number of aliphatic hydroxyl groups is 1. The van der Waals surface area contributed by atoms with Gasteiger partial charge in [-0.2, -0.15) is 0 Å². The first-order chi connectivity index (χ1) is 9.13. The molecule has 0 heterocycles. The highest BCUT2D eigenvalue weighted by Gasteiger charge is 2.24. The van der Waals surface area contributed by atoms with Crippen LogP contribution in [0.25, 0.3) is 0 Å². The maximum Gasteiger partial charge on any atom is 0.242 e. The molecule has 0 bridgehead atoms. The first-order valence-electron chi connectivity index (χ1n) is 6.34. The van der Waals surface area contributed by atoms with Gasteiger partial charge in [-0.3, -0.25) is 0 Å². The lowest BCUT2D eigenvalue weighted by Gasteiger charge is -2.13. The molecular formula is C14H17NO3S. The number of hydrogen-bond acceptors (Lipinski definition) is 3. The first kappa shape index (κ1) is 14.1. The fraction of sp³-hybridized carbons (Fsp3) is 0.429. The third-order valence-electron chi connectivity index (χ3n) is 3.16. The Morgan fingerprint density at radius 2 is 1.95 bits per heavy atom. The molecule has 1 aliphatic carbocycles. The summed E-state index contributed by atoms with van der Waals surface area (Å²) in [5.41, 5.74) is 0.419. The Hall–Kier alpha value is -1.35. The molecule has 0 radical (unpaired) electrons. The quantitative estimate of drug-likeness (QED) is 0.818. The van der Waals surface area contributed by atoms with E-state index in [9.17, 15) is 8.42 Å². The van der Waals surface area contributed by atoms with Crippen LogP contribution in [0.5, 0.6) is 0 Å². The molecule has 5 heteroatoms. The zero-order valence-corrected chi connectivity index (χ0v) is 11.4. The van der Waals surface area contributed by atoms with Gasteiger partial charge in [0.25, 0.3) is 0 Å². The summed E-state index contributed by atoms with van der Waals surface area (Å²) in [6.07, 6.45) is 3.92. The van der Waals surface area contributed by atoms with Gasteiger partial charge in [0.1, 0.15) is 6.61 Å². The highest BCUT2D eigenvalue weighted by atomic mass is 32.2. The average molecular weight is 279 g/mol. The zero-order valence-electron chi connectivity index (χ0n) is 10.6. The minimum Gasteiger partial charge on any atom is -0.384 e. The highest BCUT2D eigenvalue weighted by Crippen LogP contribution is 2.21. The Balaban J connectivity index is 2.28. The fourth-order valence-electron chi connectivity index (χ4n) is 2.27. The van der Waals surface area contributed by atoms with E-state index in [4.69, 9.17) is 5.11 Å². The van der Waals surface area contributed by atoms with Crippen LogP contribution in [0.4, 0.5) is 0 Å². The Labute approximate surface area is 113 Å². The van der Waals surface area contributed by atoms with E-state index in [1.165, 1.54) is 0 Å². The third-order valence-corrected chi connectivity index (χ3v) is 4.73. The second-order valence-corrected chi connectivity index (χ2v) is 6.24. The number of hydrogen-bond donors (Lipinski definition) is 2. The molecule has 4 nitrogen and oxygen atoms in total. The molecule has 1 aromatic carbocycles. The molecule has 2 rings (SSSR count). The van der Waals surface area contributed by atoms with E-state index in [1.807, 2.05) is 0 Å². The van der Waals surface area contributed by atoms with Crippen LogP contribution in [-0.4, -0.2) is 26.2 Å². The van der Waals surface area contributed by atoms with Gasteiger partial charge in [-0.15, -0.1) is 0 Å². The summed E-state index contributed by atoms with van der Waals surface area (Å²) >= 11 is 0. The number of benzene rings is 1. The van der Waals surface area contributed by atoms with Gasteiger partial charge in [-0.25, -0.2) is 13.1 Å². The van der Waals surface area contributed by atoms with Crippen molar-refractivity contribution >= 4 is 10.0 Å². The van der Waals surface area contributed by atoms with Crippen LogP contribution in [0.2, 0.25) is 0 Å². The van der Waals surface area contributed by atoms with Crippen molar-refractivity contribution < 1.29 is 13.5 Å². The van der Waals surface area contributed by atoms with Gasteiger partial charge >= 0.3 is 0 Å². The molecule has 1 aromatic rings. The largest absolute Gasteiger partial charge is 0.384 e. The Bertz CT molecular complexity index is 593. The zero-order chi connectivity index (χ0) is 13.7. The van der Waals surface area contributed by atoms with Crippen LogP contribution in [-0.2, 0) is 10.0 Å². The van der Waals surface area contributed by atoms with E-state index in [0.29, 0.717) is 5.56 Å². The van der Waals surface area contributed by atoms with E-state index in [-0.39, 0.29) is 17.5 Å². The average Bonchev–Trinajstić information content (AvgIpc) is 2.88. The molecule has 1 saturated carbocycles. The predicted molar refractivity (Wildman–Crippen MR) is 73.0 cm³/mol. The molecule has 0 aromatic heterocycles. The van der Waals surface area contributed by atoms with E-state index in [0.717, 1.165) is 25.7 Å². The van der Waals surface area contributed by atoms with E-state index >= 15 is 0 Å². The van der Waals surface area contributed by atoms with Crippen molar-refractivity contribution in [3.8, 4) is 11.8 Å². The molecule has 1 aliphatic rings. The standard InChI is InChI=1S/C14H17NO3S/c16-11-5-7-12-6-1-4-10-14(12)19(17,18)15-13-8-2-3-9-13/h1,4,6,10,13,15-16H,2-3,8-9,11H2. The van der Waals surface area contributed by atoms with Crippen LogP contribution in [0, 0.1) is 11.8 Å². The van der Waals surface area contributed by atoms with Crippen LogP contribution < -0.4 is 4.72 Å². The fourth-order valence-corrected chi connectivity index (χ4v) is 3.73. The van der Waals surface area contributed by atoms with Gasteiger partial charge < -0.3 is 5.11 Å². The van der Waals surface area contributed by atoms with Gasteiger partial charge in [-0.05, 0) is 25.0 Å². The van der Waals surface area contributed by atoms with Gasteiger partial charge in [0.15, 0.2) is 0 Å². The minimum absolute atomic E-state index is 0.0313. The summed E-state index contributed by atoms with van der Waals surface area (Å²) in [5.74, 6) is 5.16. The maximum absolute atomic E-state index is 12.3. The predicted octanol–water partition coefficient (Wildman–Crippen LogP) is 1.25. The van der Waals surface area contributed by atoms with Crippen molar-refractivity contribution in [2.75, 3.05) is 6.61 Å². The summed E-state index contributed by atoms with van der Waals surface area (Å²) in [6, 6.07) is 6.62. The van der Waals surface area contributed by atoms with Gasteiger partial charge in [0.05, 0.1) is 4.90 Å². The molecule has 0 unspecified atom stereocenters. The van der Waals surface area contributed by atoms with Crippen molar-refractivity contribution in [1.29, 1.82) is 0 Å². The summed E-state index contributed by atoms with van der Waals surface area (Å²) in [6.45, 7) is -0.287. The van der Waals surface area contributed by atoms with Gasteiger partial charge in [0, 0.05) is 11.6 Å². The molecule has 0 saturated heterocycles. The molecule has 0 aliphatic heterocycles. The van der Waals surface area contributed by atoms with Crippen LogP contribution >= 0.6 is 0 Å². The lowest BCUT2D eigenvalue weighted by Crippen LogP contribution is -2.33. The SMILES string of the molecule is O=S(=O)(NC1CCCC1)c1ccccc1C#CCO. The molecule has 0 spiro atoms. The molecule has 19 heavy (non-hydrogen) atoms. The second-order valence-electron chi connectivity index (χ2n) is 4.56. The third kappa shape index (κ3) is 3.57. The van der Waals surface area contributed by atoms with E-state index in [2.05, 4.69) is 16.6 Å². The van der Waals surface area contributed by atoms with Crippen LogP contribution in [0.15, 0.2) is 29.2 Å². The molecule has 1 fully saturated rings. The van der Waals surface area contributed by atoms with Gasteiger partial charge in [-0.1, -0.05) is 36.8 Å². The lowest BCUT2D eigenvalue weighted by atomic mass is 10.2. The first-order valence-corrected chi connectivity index (χ1v) is 7.83. The highest BCUT2D eigenvalue weighted by molar-refractivity contribution is 7.89. The van der Waals surface area contributed by atoms with Gasteiger partial charge in [0.2, 0.25) is 10.0 Å². The van der Waals surface area contributed by atoms with Crippen LogP contribution in [0.3, 0.4) is 0 Å². The van der Waals surface area contributed by atoms with Crippen molar-refractivity contribution in [2.24, 2.45) is 0 Å². The van der Waals surface area contributed by atoms with Crippen LogP contribution in [0.1, 0.15) is 31.2 Å².